The van der Waals surface area contributed by atoms with Crippen molar-refractivity contribution in [3.8, 4) is 22.7 Å². The average molecular weight is 582 g/mol. The predicted molar refractivity (Wildman–Crippen MR) is 160 cm³/mol. The lowest BCUT2D eigenvalue weighted by Gasteiger charge is -2.33. The summed E-state index contributed by atoms with van der Waals surface area (Å²) in [6, 6.07) is 11.0. The van der Waals surface area contributed by atoms with E-state index in [1.807, 2.05) is 37.0 Å². The van der Waals surface area contributed by atoms with Crippen LogP contribution in [0.3, 0.4) is 0 Å². The third-order valence-corrected chi connectivity index (χ3v) is 7.89. The second-order valence-corrected chi connectivity index (χ2v) is 11.3. The summed E-state index contributed by atoms with van der Waals surface area (Å²) in [5, 5.41) is 18.1. The highest BCUT2D eigenvalue weighted by Gasteiger charge is 2.41. The Bertz CT molecular complexity index is 1380. The molecular formula is C31H40ClN5O4. The number of nitrogens with one attached hydrogen (secondary N) is 1. The Balaban J connectivity index is 1.76. The molecule has 3 aromatic rings. The number of benzene rings is 1. The molecule has 1 aliphatic carbocycles. The number of rotatable bonds is 12. The molecule has 1 saturated carbocycles. The molecule has 41 heavy (non-hydrogen) atoms. The highest BCUT2D eigenvalue weighted by atomic mass is 35.5. The van der Waals surface area contributed by atoms with Crippen molar-refractivity contribution in [2.24, 2.45) is 0 Å². The van der Waals surface area contributed by atoms with Gasteiger partial charge in [0.05, 0.1) is 28.7 Å². The monoisotopic (exact) mass is 581 g/mol. The summed E-state index contributed by atoms with van der Waals surface area (Å²) in [5.74, 6) is -0.989. The van der Waals surface area contributed by atoms with Crippen LogP contribution in [0.4, 0.5) is 0 Å². The van der Waals surface area contributed by atoms with Gasteiger partial charge in [0.1, 0.15) is 17.0 Å². The molecule has 0 atom stereocenters. The van der Waals surface area contributed by atoms with Crippen LogP contribution in [0.25, 0.3) is 16.9 Å². The minimum atomic E-state index is -1.28. The molecule has 1 aliphatic rings. The summed E-state index contributed by atoms with van der Waals surface area (Å²) < 4.78 is 7.90. The fourth-order valence-corrected chi connectivity index (χ4v) is 5.40. The van der Waals surface area contributed by atoms with Gasteiger partial charge in [-0.2, -0.15) is 5.10 Å². The number of halogens is 1. The number of amides is 1. The molecule has 0 spiro atoms. The molecule has 220 valence electrons. The van der Waals surface area contributed by atoms with Gasteiger partial charge in [0.25, 0.3) is 5.91 Å². The van der Waals surface area contributed by atoms with E-state index in [1.165, 1.54) is 0 Å². The summed E-state index contributed by atoms with van der Waals surface area (Å²) in [5.41, 5.74) is 2.78. The van der Waals surface area contributed by atoms with Gasteiger partial charge < -0.3 is 20.1 Å². The third kappa shape index (κ3) is 7.08. The van der Waals surface area contributed by atoms with Gasteiger partial charge in [0.2, 0.25) is 0 Å². The molecule has 0 radical (unpaired) electrons. The Kier molecular flexibility index (Phi) is 10.0. The van der Waals surface area contributed by atoms with Crippen LogP contribution in [0.15, 0.2) is 36.4 Å². The largest absolute Gasteiger partial charge is 0.492 e. The molecule has 2 aromatic heterocycles. The minimum Gasteiger partial charge on any atom is -0.492 e. The summed E-state index contributed by atoms with van der Waals surface area (Å²) in [4.78, 5) is 32.6. The Morgan fingerprint density at radius 1 is 1.10 bits per heavy atom. The molecule has 2 N–H and O–H groups in total. The number of aryl methyl sites for hydroxylation is 2. The molecule has 0 aliphatic heterocycles. The number of carbonyl (C=O) groups is 2. The number of carboxylic acids is 1. The van der Waals surface area contributed by atoms with E-state index in [-0.39, 0.29) is 5.69 Å². The van der Waals surface area contributed by atoms with E-state index in [2.05, 4.69) is 30.1 Å². The molecule has 1 aromatic carbocycles. The van der Waals surface area contributed by atoms with Crippen molar-refractivity contribution < 1.29 is 19.4 Å². The quantitative estimate of drug-likeness (QED) is 0.269. The highest BCUT2D eigenvalue weighted by molar-refractivity contribution is 6.32. The van der Waals surface area contributed by atoms with Crippen molar-refractivity contribution in [3.63, 3.8) is 0 Å². The van der Waals surface area contributed by atoms with Gasteiger partial charge >= 0.3 is 5.97 Å². The van der Waals surface area contributed by atoms with Gasteiger partial charge in [-0.3, -0.25) is 4.79 Å². The van der Waals surface area contributed by atoms with Gasteiger partial charge in [-0.05, 0) is 76.5 Å². The molecule has 2 heterocycles. The van der Waals surface area contributed by atoms with Crippen molar-refractivity contribution in [2.75, 3.05) is 27.2 Å². The topological polar surface area (TPSA) is 110 Å². The lowest BCUT2D eigenvalue weighted by molar-refractivity contribution is -0.145. The van der Waals surface area contributed by atoms with Gasteiger partial charge in [0.15, 0.2) is 0 Å². The smallest absolute Gasteiger partial charge is 0.329 e. The molecule has 0 saturated heterocycles. The zero-order valence-corrected chi connectivity index (χ0v) is 25.1. The van der Waals surface area contributed by atoms with Crippen molar-refractivity contribution in [3.05, 3.63) is 58.5 Å². The molecule has 0 bridgehead atoms. The first-order chi connectivity index (χ1) is 19.7. The van der Waals surface area contributed by atoms with Gasteiger partial charge in [-0.25, -0.2) is 14.5 Å². The van der Waals surface area contributed by atoms with Crippen molar-refractivity contribution in [1.82, 2.24) is 25.0 Å². The Morgan fingerprint density at radius 3 is 2.51 bits per heavy atom. The zero-order chi connectivity index (χ0) is 29.6. The average Bonchev–Trinajstić information content (AvgIpc) is 3.39. The minimum absolute atomic E-state index is 0.138. The number of aliphatic carboxylic acids is 1. The lowest BCUT2D eigenvalue weighted by atomic mass is 9.81. The van der Waals surface area contributed by atoms with Crippen LogP contribution in [0.5, 0.6) is 5.75 Å². The lowest BCUT2D eigenvalue weighted by Crippen LogP contribution is -2.55. The maximum absolute atomic E-state index is 13.5. The number of ether oxygens (including phenoxy) is 1. The van der Waals surface area contributed by atoms with E-state index in [0.29, 0.717) is 47.2 Å². The number of carboxylic acid groups (broad SMARTS) is 1. The van der Waals surface area contributed by atoms with Gasteiger partial charge in [0, 0.05) is 17.8 Å². The van der Waals surface area contributed by atoms with E-state index >= 15 is 0 Å². The normalized spacial score (nSPS) is 14.7. The second kappa shape index (κ2) is 13.5. The summed E-state index contributed by atoms with van der Waals surface area (Å²) >= 11 is 6.49. The van der Waals surface area contributed by atoms with Crippen molar-refractivity contribution in [2.45, 2.75) is 70.8 Å². The van der Waals surface area contributed by atoms with Gasteiger partial charge in [-0.15, -0.1) is 0 Å². The third-order valence-electron chi connectivity index (χ3n) is 7.57. The Labute approximate surface area is 246 Å². The SMILES string of the molecule is CCc1cc(CC)n(-c2ccc(C(=O)NC3(C(=O)O)CCCCC3)nc2-c2ccc(Cl)c(OCCCN(C)C)c2)n1. The maximum Gasteiger partial charge on any atom is 0.329 e. The molecule has 0 unspecified atom stereocenters. The molecule has 1 amide bonds. The molecular weight excluding hydrogens is 542 g/mol. The first kappa shape index (κ1) is 30.5. The maximum atomic E-state index is 13.5. The van der Waals surface area contributed by atoms with E-state index < -0.39 is 17.4 Å². The Morgan fingerprint density at radius 2 is 1.85 bits per heavy atom. The van der Waals surface area contributed by atoms with Crippen LogP contribution < -0.4 is 10.1 Å². The summed E-state index contributed by atoms with van der Waals surface area (Å²) in [7, 11) is 4.03. The predicted octanol–water partition coefficient (Wildman–Crippen LogP) is 5.56. The number of carbonyl (C=O) groups excluding carboxylic acids is 1. The Hall–Kier alpha value is -3.43. The van der Waals surface area contributed by atoms with Gasteiger partial charge in [-0.1, -0.05) is 50.8 Å². The van der Waals surface area contributed by atoms with Crippen LogP contribution >= 0.6 is 11.6 Å². The first-order valence-corrected chi connectivity index (χ1v) is 14.8. The fraction of sp³-hybridized carbons (Fsp3) is 0.484. The number of nitrogens with zero attached hydrogens (tertiary/aromatic N) is 4. The van der Waals surface area contributed by atoms with Crippen molar-refractivity contribution in [1.29, 1.82) is 0 Å². The zero-order valence-electron chi connectivity index (χ0n) is 24.4. The summed E-state index contributed by atoms with van der Waals surface area (Å²) in [6.07, 6.45) is 5.65. The van der Waals surface area contributed by atoms with Crippen LogP contribution in [-0.2, 0) is 17.6 Å². The highest BCUT2D eigenvalue weighted by Crippen LogP contribution is 2.34. The van der Waals surface area contributed by atoms with Crippen LogP contribution in [-0.4, -0.2) is 69.4 Å². The van der Waals surface area contributed by atoms with E-state index in [1.54, 1.807) is 12.1 Å². The standard InChI is InChI=1S/C31H40ClN5O4/c1-5-22-20-23(6-2)37(35-22)26-14-13-25(29(38)34-31(30(39)40)15-8-7-9-16-31)33-28(26)21-11-12-24(32)27(19-21)41-18-10-17-36(3)4/h11-14,19-20H,5-10,15-18H2,1-4H3,(H,34,38)(H,39,40). The van der Waals surface area contributed by atoms with Crippen LogP contribution in [0.1, 0.15) is 74.2 Å². The van der Waals surface area contributed by atoms with E-state index in [4.69, 9.17) is 26.4 Å². The van der Waals surface area contributed by atoms with Crippen LogP contribution in [0, 0.1) is 0 Å². The van der Waals surface area contributed by atoms with Crippen molar-refractivity contribution >= 4 is 23.5 Å². The number of hydrogen-bond acceptors (Lipinski definition) is 6. The first-order valence-electron chi connectivity index (χ1n) is 14.4. The molecule has 9 nitrogen and oxygen atoms in total. The number of aromatic nitrogens is 3. The van der Waals surface area contributed by atoms with Crippen LogP contribution in [0.2, 0.25) is 5.02 Å². The second-order valence-electron chi connectivity index (χ2n) is 10.9. The van der Waals surface area contributed by atoms with E-state index in [0.717, 1.165) is 56.5 Å². The fourth-order valence-electron chi connectivity index (χ4n) is 5.22. The number of hydrogen-bond donors (Lipinski definition) is 2. The molecule has 1 fully saturated rings. The number of pyridine rings is 1. The molecule has 10 heteroatoms. The summed E-state index contributed by atoms with van der Waals surface area (Å²) in [6.45, 7) is 5.51. The van der Waals surface area contributed by atoms with E-state index in [9.17, 15) is 14.7 Å². The molecule has 4 rings (SSSR count).